The zero-order valence-corrected chi connectivity index (χ0v) is 13.3. The molecule has 1 aromatic carbocycles. The van der Waals surface area contributed by atoms with E-state index < -0.39 is 5.60 Å². The number of hydrogen-bond acceptors (Lipinski definition) is 2. The lowest BCUT2D eigenvalue weighted by Gasteiger charge is -2.46. The Morgan fingerprint density at radius 2 is 2.00 bits per heavy atom. The van der Waals surface area contributed by atoms with Crippen molar-refractivity contribution in [3.8, 4) is 0 Å². The lowest BCUT2D eigenvalue weighted by molar-refractivity contribution is -0.0908. The van der Waals surface area contributed by atoms with Gasteiger partial charge in [0.2, 0.25) is 0 Å². The number of nitrogens with zero attached hydrogens (tertiary/aromatic N) is 1. The molecule has 0 bridgehead atoms. The first-order valence-corrected chi connectivity index (χ1v) is 8.64. The van der Waals surface area contributed by atoms with Gasteiger partial charge in [0, 0.05) is 13.1 Å². The highest BCUT2D eigenvalue weighted by atomic mass is 16.3. The van der Waals surface area contributed by atoms with Crippen LogP contribution in [-0.2, 0) is 6.54 Å². The minimum atomic E-state index is -0.443. The summed E-state index contributed by atoms with van der Waals surface area (Å²) in [5, 5.41) is 11.2. The van der Waals surface area contributed by atoms with E-state index in [9.17, 15) is 5.11 Å². The first kappa shape index (κ1) is 15.1. The SMILES string of the molecule is CC1CCCC(C2(O)CCCN(Cc3ccccc3)C2)C1. The second kappa shape index (κ2) is 6.50. The third kappa shape index (κ3) is 3.67. The molecule has 1 aliphatic heterocycles. The first-order chi connectivity index (χ1) is 10.2. The van der Waals surface area contributed by atoms with E-state index in [1.807, 2.05) is 0 Å². The summed E-state index contributed by atoms with van der Waals surface area (Å²) in [6, 6.07) is 10.7. The van der Waals surface area contributed by atoms with Gasteiger partial charge in [0.1, 0.15) is 0 Å². The Hall–Kier alpha value is -0.860. The number of β-amino-alcohol motifs (C(OH)–C–C–N with tert-alkyl or cyclic N) is 1. The number of hydrogen-bond donors (Lipinski definition) is 1. The summed E-state index contributed by atoms with van der Waals surface area (Å²) in [5.74, 6) is 1.30. The van der Waals surface area contributed by atoms with Gasteiger partial charge < -0.3 is 5.11 Å². The first-order valence-electron chi connectivity index (χ1n) is 8.64. The van der Waals surface area contributed by atoms with Gasteiger partial charge in [-0.3, -0.25) is 4.90 Å². The molecule has 3 unspecified atom stereocenters. The van der Waals surface area contributed by atoms with Crippen LogP contribution in [0, 0.1) is 11.8 Å². The molecule has 1 saturated heterocycles. The summed E-state index contributed by atoms with van der Waals surface area (Å²) in [5.41, 5.74) is 0.917. The Morgan fingerprint density at radius 3 is 2.76 bits per heavy atom. The molecule has 116 valence electrons. The molecular formula is C19H29NO. The normalized spacial score (nSPS) is 34.8. The third-order valence-electron chi connectivity index (χ3n) is 5.53. The molecule has 0 spiro atoms. The maximum Gasteiger partial charge on any atom is 0.0802 e. The van der Waals surface area contributed by atoms with Crippen LogP contribution < -0.4 is 0 Å². The quantitative estimate of drug-likeness (QED) is 0.913. The highest BCUT2D eigenvalue weighted by Crippen LogP contribution is 2.40. The van der Waals surface area contributed by atoms with Gasteiger partial charge >= 0.3 is 0 Å². The number of likely N-dealkylation sites (tertiary alicyclic amines) is 1. The van der Waals surface area contributed by atoms with Gasteiger partial charge in [-0.2, -0.15) is 0 Å². The maximum absolute atomic E-state index is 11.2. The topological polar surface area (TPSA) is 23.5 Å². The minimum absolute atomic E-state index is 0.443. The molecule has 2 heteroatoms. The van der Waals surface area contributed by atoms with Crippen molar-refractivity contribution in [3.63, 3.8) is 0 Å². The predicted octanol–water partition coefficient (Wildman–Crippen LogP) is 3.84. The van der Waals surface area contributed by atoms with Crippen molar-refractivity contribution in [2.24, 2.45) is 11.8 Å². The Bertz CT molecular complexity index is 446. The molecule has 1 aromatic rings. The van der Waals surface area contributed by atoms with Crippen LogP contribution in [0.15, 0.2) is 30.3 Å². The number of benzene rings is 1. The largest absolute Gasteiger partial charge is 0.388 e. The summed E-state index contributed by atoms with van der Waals surface area (Å²) in [4.78, 5) is 2.46. The molecule has 3 atom stereocenters. The maximum atomic E-state index is 11.2. The number of rotatable bonds is 3. The summed E-state index contributed by atoms with van der Waals surface area (Å²) in [6.07, 6.45) is 7.22. The van der Waals surface area contributed by atoms with Gasteiger partial charge in [0.05, 0.1) is 5.60 Å². The van der Waals surface area contributed by atoms with Crippen molar-refractivity contribution in [2.75, 3.05) is 13.1 Å². The fourth-order valence-corrected chi connectivity index (χ4v) is 4.39. The molecule has 0 aromatic heterocycles. The highest BCUT2D eigenvalue weighted by molar-refractivity contribution is 5.14. The predicted molar refractivity (Wildman–Crippen MR) is 87.0 cm³/mol. The molecule has 1 heterocycles. The van der Waals surface area contributed by atoms with Crippen molar-refractivity contribution >= 4 is 0 Å². The van der Waals surface area contributed by atoms with Crippen molar-refractivity contribution < 1.29 is 5.11 Å². The Balaban J connectivity index is 1.64. The molecule has 2 fully saturated rings. The van der Waals surface area contributed by atoms with E-state index in [1.165, 1.54) is 31.2 Å². The zero-order valence-electron chi connectivity index (χ0n) is 13.3. The number of piperidine rings is 1. The van der Waals surface area contributed by atoms with Crippen molar-refractivity contribution in [2.45, 2.75) is 57.6 Å². The van der Waals surface area contributed by atoms with Crippen LogP contribution in [0.5, 0.6) is 0 Å². The molecular weight excluding hydrogens is 258 g/mol. The summed E-state index contributed by atoms with van der Waals surface area (Å²) in [7, 11) is 0. The summed E-state index contributed by atoms with van der Waals surface area (Å²) in [6.45, 7) is 5.31. The second-order valence-electron chi connectivity index (χ2n) is 7.37. The minimum Gasteiger partial charge on any atom is -0.388 e. The lowest BCUT2D eigenvalue weighted by atomic mass is 9.70. The van der Waals surface area contributed by atoms with Crippen LogP contribution in [0.25, 0.3) is 0 Å². The average Bonchev–Trinajstić information content (AvgIpc) is 2.48. The summed E-state index contributed by atoms with van der Waals surface area (Å²) >= 11 is 0. The molecule has 3 rings (SSSR count). The standard InChI is InChI=1S/C19H29NO/c1-16-7-5-10-18(13-16)19(21)11-6-12-20(15-19)14-17-8-3-2-4-9-17/h2-4,8-9,16,18,21H,5-7,10-15H2,1H3. The molecule has 0 radical (unpaired) electrons. The molecule has 1 saturated carbocycles. The van der Waals surface area contributed by atoms with Gasteiger partial charge in [-0.1, -0.05) is 50.1 Å². The smallest absolute Gasteiger partial charge is 0.0802 e. The molecule has 2 nitrogen and oxygen atoms in total. The van der Waals surface area contributed by atoms with E-state index in [1.54, 1.807) is 0 Å². The van der Waals surface area contributed by atoms with Crippen molar-refractivity contribution in [1.29, 1.82) is 0 Å². The van der Waals surface area contributed by atoms with Gasteiger partial charge in [-0.15, -0.1) is 0 Å². The van der Waals surface area contributed by atoms with Gasteiger partial charge in [-0.05, 0) is 49.6 Å². The van der Waals surface area contributed by atoms with E-state index in [4.69, 9.17) is 0 Å². The highest BCUT2D eigenvalue weighted by Gasteiger charge is 2.41. The second-order valence-corrected chi connectivity index (χ2v) is 7.37. The molecule has 2 aliphatic rings. The fourth-order valence-electron chi connectivity index (χ4n) is 4.39. The Kier molecular flexibility index (Phi) is 4.66. The van der Waals surface area contributed by atoms with Crippen LogP contribution >= 0.6 is 0 Å². The van der Waals surface area contributed by atoms with Crippen LogP contribution in [0.3, 0.4) is 0 Å². The van der Waals surface area contributed by atoms with E-state index in [2.05, 4.69) is 42.2 Å². The van der Waals surface area contributed by atoms with E-state index >= 15 is 0 Å². The van der Waals surface area contributed by atoms with Crippen LogP contribution in [-0.4, -0.2) is 28.7 Å². The molecule has 21 heavy (non-hydrogen) atoms. The van der Waals surface area contributed by atoms with Crippen LogP contribution in [0.1, 0.15) is 51.0 Å². The van der Waals surface area contributed by atoms with Crippen LogP contribution in [0.2, 0.25) is 0 Å². The zero-order chi connectivity index (χ0) is 14.7. The lowest BCUT2D eigenvalue weighted by Crippen LogP contribution is -2.53. The van der Waals surface area contributed by atoms with Gasteiger partial charge in [0.25, 0.3) is 0 Å². The molecule has 1 aliphatic carbocycles. The molecule has 1 N–H and O–H groups in total. The third-order valence-corrected chi connectivity index (χ3v) is 5.53. The van der Waals surface area contributed by atoms with Crippen molar-refractivity contribution in [1.82, 2.24) is 4.90 Å². The van der Waals surface area contributed by atoms with Crippen LogP contribution in [0.4, 0.5) is 0 Å². The van der Waals surface area contributed by atoms with Gasteiger partial charge in [0.15, 0.2) is 0 Å². The fraction of sp³-hybridized carbons (Fsp3) is 0.684. The van der Waals surface area contributed by atoms with Crippen molar-refractivity contribution in [3.05, 3.63) is 35.9 Å². The summed E-state index contributed by atoms with van der Waals surface area (Å²) < 4.78 is 0. The Morgan fingerprint density at radius 1 is 1.19 bits per heavy atom. The van der Waals surface area contributed by atoms with E-state index in [0.717, 1.165) is 38.4 Å². The molecule has 0 amide bonds. The average molecular weight is 287 g/mol. The van der Waals surface area contributed by atoms with Gasteiger partial charge in [-0.25, -0.2) is 0 Å². The monoisotopic (exact) mass is 287 g/mol. The Labute approximate surface area is 129 Å². The van der Waals surface area contributed by atoms with E-state index in [-0.39, 0.29) is 0 Å². The number of aliphatic hydroxyl groups is 1. The van der Waals surface area contributed by atoms with E-state index in [0.29, 0.717) is 5.92 Å².